The molecule has 0 saturated carbocycles. The molecule has 2 heteroatoms. The second-order valence-corrected chi connectivity index (χ2v) is 4.37. The van der Waals surface area contributed by atoms with Crippen molar-refractivity contribution in [3.05, 3.63) is 34.3 Å². The van der Waals surface area contributed by atoms with Crippen molar-refractivity contribution in [2.75, 3.05) is 0 Å². The molecule has 0 fully saturated rings. The van der Waals surface area contributed by atoms with Gasteiger partial charge in [-0.2, -0.15) is 0 Å². The maximum absolute atomic E-state index is 12.0. The van der Waals surface area contributed by atoms with Gasteiger partial charge in [0.15, 0.2) is 5.78 Å². The number of Topliss-reactive ketones (excluding diaryl/α,β-unsaturated/α-hetero) is 1. The minimum atomic E-state index is 0.0900. The molecule has 0 bridgehead atoms. The van der Waals surface area contributed by atoms with Gasteiger partial charge < -0.3 is 0 Å². The van der Waals surface area contributed by atoms with E-state index in [2.05, 4.69) is 6.92 Å². The molecule has 1 aromatic carbocycles. The first-order valence-electron chi connectivity index (χ1n) is 5.37. The highest BCUT2D eigenvalue weighted by molar-refractivity contribution is 6.31. The summed E-state index contributed by atoms with van der Waals surface area (Å²) >= 11 is 5.99. The maximum Gasteiger partial charge on any atom is 0.165 e. The largest absolute Gasteiger partial charge is 0.294 e. The van der Waals surface area contributed by atoms with Crippen molar-refractivity contribution >= 4 is 17.4 Å². The zero-order valence-corrected chi connectivity index (χ0v) is 10.3. The zero-order chi connectivity index (χ0) is 11.4. The van der Waals surface area contributed by atoms with Gasteiger partial charge in [-0.3, -0.25) is 4.79 Å². The van der Waals surface area contributed by atoms with Gasteiger partial charge in [-0.15, -0.1) is 0 Å². The number of rotatable bonds is 4. The van der Waals surface area contributed by atoms with Crippen molar-refractivity contribution in [1.82, 2.24) is 0 Å². The van der Waals surface area contributed by atoms with Gasteiger partial charge >= 0.3 is 0 Å². The fourth-order valence-electron chi connectivity index (χ4n) is 1.70. The number of hydrogen-bond acceptors (Lipinski definition) is 1. The Morgan fingerprint density at radius 2 is 2.13 bits per heavy atom. The zero-order valence-electron chi connectivity index (χ0n) is 9.51. The Bertz CT molecular complexity index is 358. The van der Waals surface area contributed by atoms with E-state index >= 15 is 0 Å². The highest BCUT2D eigenvalue weighted by Gasteiger charge is 2.16. The lowest BCUT2D eigenvalue weighted by atomic mass is 9.93. The minimum Gasteiger partial charge on any atom is -0.294 e. The molecular weight excluding hydrogens is 208 g/mol. The van der Waals surface area contributed by atoms with Crippen LogP contribution in [0.3, 0.4) is 0 Å². The normalized spacial score (nSPS) is 12.5. The van der Waals surface area contributed by atoms with Crippen LogP contribution in [0.1, 0.15) is 42.6 Å². The molecule has 0 aromatic heterocycles. The molecule has 1 rings (SSSR count). The fraction of sp³-hybridized carbons (Fsp3) is 0.462. The van der Waals surface area contributed by atoms with Crippen molar-refractivity contribution in [3.8, 4) is 0 Å². The summed E-state index contributed by atoms with van der Waals surface area (Å²) in [5.41, 5.74) is 1.66. The van der Waals surface area contributed by atoms with E-state index in [1.165, 1.54) is 0 Å². The van der Waals surface area contributed by atoms with E-state index in [1.54, 1.807) is 0 Å². The molecule has 1 nitrogen and oxygen atoms in total. The van der Waals surface area contributed by atoms with E-state index < -0.39 is 0 Å². The Morgan fingerprint density at radius 1 is 1.47 bits per heavy atom. The van der Waals surface area contributed by atoms with Crippen molar-refractivity contribution in [1.29, 1.82) is 0 Å². The third-order valence-corrected chi connectivity index (χ3v) is 3.11. The van der Waals surface area contributed by atoms with Crippen LogP contribution in [0.4, 0.5) is 0 Å². The summed E-state index contributed by atoms with van der Waals surface area (Å²) in [7, 11) is 0. The van der Waals surface area contributed by atoms with Crippen molar-refractivity contribution in [2.45, 2.75) is 33.6 Å². The number of carbonyl (C=O) groups is 1. The second kappa shape index (κ2) is 5.32. The van der Waals surface area contributed by atoms with E-state index in [4.69, 9.17) is 11.6 Å². The Hall–Kier alpha value is -0.820. The topological polar surface area (TPSA) is 17.1 Å². The Kier molecular flexibility index (Phi) is 4.34. The average molecular weight is 225 g/mol. The van der Waals surface area contributed by atoms with Crippen LogP contribution < -0.4 is 0 Å². The molecule has 0 aliphatic heterocycles. The van der Waals surface area contributed by atoms with Gasteiger partial charge in [-0.25, -0.2) is 0 Å². The van der Waals surface area contributed by atoms with E-state index in [0.29, 0.717) is 5.02 Å². The molecule has 0 aliphatic carbocycles. The first-order valence-corrected chi connectivity index (χ1v) is 5.75. The SMILES string of the molecule is CCCC(C)C(=O)c1cccc(Cl)c1C. The summed E-state index contributed by atoms with van der Waals surface area (Å²) in [6.07, 6.45) is 1.97. The molecule has 1 aromatic rings. The van der Waals surface area contributed by atoms with Gasteiger partial charge in [0.25, 0.3) is 0 Å². The average Bonchev–Trinajstić information content (AvgIpc) is 2.21. The predicted octanol–water partition coefficient (Wildman–Crippen LogP) is 4.27. The van der Waals surface area contributed by atoms with Crippen LogP contribution in [-0.4, -0.2) is 5.78 Å². The molecule has 0 amide bonds. The lowest BCUT2D eigenvalue weighted by Crippen LogP contribution is -2.12. The number of benzene rings is 1. The van der Waals surface area contributed by atoms with Crippen LogP contribution in [0, 0.1) is 12.8 Å². The van der Waals surface area contributed by atoms with Gasteiger partial charge in [0, 0.05) is 16.5 Å². The predicted molar refractivity (Wildman–Crippen MR) is 64.6 cm³/mol. The Morgan fingerprint density at radius 3 is 2.73 bits per heavy atom. The third-order valence-electron chi connectivity index (χ3n) is 2.70. The van der Waals surface area contributed by atoms with Crippen LogP contribution in [0.25, 0.3) is 0 Å². The fourth-order valence-corrected chi connectivity index (χ4v) is 1.88. The lowest BCUT2D eigenvalue weighted by molar-refractivity contribution is 0.0923. The number of carbonyl (C=O) groups excluding carboxylic acids is 1. The molecule has 1 unspecified atom stereocenters. The first-order chi connectivity index (χ1) is 7.07. The van der Waals surface area contributed by atoms with Crippen molar-refractivity contribution in [3.63, 3.8) is 0 Å². The highest BCUT2D eigenvalue weighted by Crippen LogP contribution is 2.22. The lowest BCUT2D eigenvalue weighted by Gasteiger charge is -2.11. The first kappa shape index (κ1) is 12.3. The van der Waals surface area contributed by atoms with Crippen LogP contribution in [-0.2, 0) is 0 Å². The molecule has 0 radical (unpaired) electrons. The molecule has 0 heterocycles. The summed E-state index contributed by atoms with van der Waals surface area (Å²) in [6.45, 7) is 5.97. The van der Waals surface area contributed by atoms with Crippen LogP contribution >= 0.6 is 11.6 Å². The number of halogens is 1. The standard InChI is InChI=1S/C13H17ClO/c1-4-6-9(2)13(15)11-7-5-8-12(14)10(11)3/h5,7-9H,4,6H2,1-3H3. The summed E-state index contributed by atoms with van der Waals surface area (Å²) in [4.78, 5) is 12.0. The minimum absolute atomic E-state index is 0.0900. The van der Waals surface area contributed by atoms with Crippen molar-refractivity contribution in [2.24, 2.45) is 5.92 Å². The quantitative estimate of drug-likeness (QED) is 0.699. The number of ketones is 1. The summed E-state index contributed by atoms with van der Waals surface area (Å²) < 4.78 is 0. The molecule has 0 saturated heterocycles. The van der Waals surface area contributed by atoms with Gasteiger partial charge in [0.05, 0.1) is 0 Å². The van der Waals surface area contributed by atoms with Gasteiger partial charge in [0.2, 0.25) is 0 Å². The second-order valence-electron chi connectivity index (χ2n) is 3.97. The smallest absolute Gasteiger partial charge is 0.165 e. The van der Waals surface area contributed by atoms with Crippen LogP contribution in [0.5, 0.6) is 0 Å². The molecule has 15 heavy (non-hydrogen) atoms. The monoisotopic (exact) mass is 224 g/mol. The number of hydrogen-bond donors (Lipinski definition) is 0. The van der Waals surface area contributed by atoms with Gasteiger partial charge in [-0.05, 0) is 25.0 Å². The van der Waals surface area contributed by atoms with Crippen LogP contribution in [0.2, 0.25) is 5.02 Å². The molecule has 0 aliphatic rings. The third kappa shape index (κ3) is 2.82. The molecule has 0 N–H and O–H groups in total. The van der Waals surface area contributed by atoms with Crippen LogP contribution in [0.15, 0.2) is 18.2 Å². The highest BCUT2D eigenvalue weighted by atomic mass is 35.5. The van der Waals surface area contributed by atoms with E-state index in [9.17, 15) is 4.79 Å². The molecule has 1 atom stereocenters. The molecule has 0 spiro atoms. The summed E-state index contributed by atoms with van der Waals surface area (Å²) in [6, 6.07) is 5.51. The summed E-state index contributed by atoms with van der Waals surface area (Å²) in [5.74, 6) is 0.295. The summed E-state index contributed by atoms with van der Waals surface area (Å²) in [5, 5.41) is 0.671. The molecular formula is C13H17ClO. The molecule has 82 valence electrons. The Balaban J connectivity index is 2.96. The van der Waals surface area contributed by atoms with Gasteiger partial charge in [0.1, 0.15) is 0 Å². The maximum atomic E-state index is 12.0. The Labute approximate surface area is 96.5 Å². The van der Waals surface area contributed by atoms with Gasteiger partial charge in [-0.1, -0.05) is 44.0 Å². The van der Waals surface area contributed by atoms with Crippen molar-refractivity contribution < 1.29 is 4.79 Å². The van der Waals surface area contributed by atoms with E-state index in [-0.39, 0.29) is 11.7 Å². The van der Waals surface area contributed by atoms with E-state index in [1.807, 2.05) is 32.0 Å². The van der Waals surface area contributed by atoms with E-state index in [0.717, 1.165) is 24.0 Å².